The standard InChI is InChI=1S/C26H25F2N5O3/c1-15(2)14-33-23(26(35)36-3)22(32-25(34)16-6-5-9-29-11-16)18-10-17(12-31-24(18)33)30-13-19-20(27)7-4-8-21(19)28/h4-12,15,30H,13-14H2,1-3H3,(H,32,34). The average molecular weight is 494 g/mol. The highest BCUT2D eigenvalue weighted by Crippen LogP contribution is 2.34. The van der Waals surface area contributed by atoms with Crippen LogP contribution in [0.1, 0.15) is 40.3 Å². The summed E-state index contributed by atoms with van der Waals surface area (Å²) in [4.78, 5) is 34.3. The van der Waals surface area contributed by atoms with E-state index in [1.54, 1.807) is 29.0 Å². The molecular weight excluding hydrogens is 468 g/mol. The lowest BCUT2D eigenvalue weighted by Crippen LogP contribution is -2.18. The Morgan fingerprint density at radius 3 is 2.50 bits per heavy atom. The predicted molar refractivity (Wildman–Crippen MR) is 132 cm³/mol. The SMILES string of the molecule is COC(=O)c1c(NC(=O)c2cccnc2)c2cc(NCc3c(F)cccc3F)cnc2n1CC(C)C. The summed E-state index contributed by atoms with van der Waals surface area (Å²) in [5.74, 6) is -2.30. The second kappa shape index (κ2) is 10.5. The Morgan fingerprint density at radius 1 is 1.11 bits per heavy atom. The Kier molecular flexibility index (Phi) is 7.23. The van der Waals surface area contributed by atoms with E-state index in [0.717, 1.165) is 0 Å². The van der Waals surface area contributed by atoms with Gasteiger partial charge in [-0.05, 0) is 36.2 Å². The molecule has 10 heteroatoms. The topological polar surface area (TPSA) is 98.1 Å². The zero-order valence-corrected chi connectivity index (χ0v) is 20.0. The van der Waals surface area contributed by atoms with Crippen LogP contribution < -0.4 is 10.6 Å². The second-order valence-electron chi connectivity index (χ2n) is 8.56. The van der Waals surface area contributed by atoms with Gasteiger partial charge in [-0.2, -0.15) is 0 Å². The van der Waals surface area contributed by atoms with E-state index in [2.05, 4.69) is 20.6 Å². The zero-order valence-electron chi connectivity index (χ0n) is 20.0. The molecule has 0 saturated carbocycles. The van der Waals surface area contributed by atoms with E-state index >= 15 is 0 Å². The van der Waals surface area contributed by atoms with Crippen molar-refractivity contribution in [3.63, 3.8) is 0 Å². The van der Waals surface area contributed by atoms with Gasteiger partial charge in [0.25, 0.3) is 5.91 Å². The molecule has 4 aromatic rings. The van der Waals surface area contributed by atoms with Crippen LogP contribution in [0, 0.1) is 17.6 Å². The molecular formula is C26H25F2N5O3. The van der Waals surface area contributed by atoms with Crippen LogP contribution in [-0.2, 0) is 17.8 Å². The molecule has 3 heterocycles. The first-order valence-corrected chi connectivity index (χ1v) is 11.3. The highest BCUT2D eigenvalue weighted by atomic mass is 19.1. The van der Waals surface area contributed by atoms with Crippen molar-refractivity contribution in [2.75, 3.05) is 17.7 Å². The largest absolute Gasteiger partial charge is 0.464 e. The predicted octanol–water partition coefficient (Wildman–Crippen LogP) is 5.02. The Bertz CT molecular complexity index is 1400. The molecule has 0 aliphatic carbocycles. The van der Waals surface area contributed by atoms with Crippen molar-refractivity contribution in [1.29, 1.82) is 0 Å². The maximum atomic E-state index is 14.1. The van der Waals surface area contributed by atoms with Gasteiger partial charge in [-0.3, -0.25) is 9.78 Å². The average Bonchev–Trinajstić information content (AvgIpc) is 3.15. The molecule has 1 aromatic carbocycles. The minimum atomic E-state index is -0.669. The number of hydrogen-bond acceptors (Lipinski definition) is 6. The van der Waals surface area contributed by atoms with Crippen LogP contribution in [0.25, 0.3) is 11.0 Å². The van der Waals surface area contributed by atoms with Gasteiger partial charge >= 0.3 is 5.97 Å². The fraction of sp³-hybridized carbons (Fsp3) is 0.231. The third kappa shape index (κ3) is 5.02. The Balaban J connectivity index is 1.80. The number of ether oxygens (including phenoxy) is 1. The number of amides is 1. The lowest BCUT2D eigenvalue weighted by molar-refractivity contribution is 0.0589. The van der Waals surface area contributed by atoms with Crippen molar-refractivity contribution >= 4 is 34.3 Å². The number of nitrogens with one attached hydrogen (secondary N) is 2. The first kappa shape index (κ1) is 24.8. The number of carbonyl (C=O) groups excluding carboxylic acids is 2. The number of anilines is 2. The van der Waals surface area contributed by atoms with Crippen LogP contribution in [0.15, 0.2) is 55.0 Å². The van der Waals surface area contributed by atoms with Gasteiger partial charge in [-0.1, -0.05) is 19.9 Å². The van der Waals surface area contributed by atoms with Gasteiger partial charge in [0.2, 0.25) is 0 Å². The molecule has 1 amide bonds. The number of benzene rings is 1. The number of nitrogens with zero attached hydrogens (tertiary/aromatic N) is 3. The van der Waals surface area contributed by atoms with E-state index in [4.69, 9.17) is 4.74 Å². The number of carbonyl (C=O) groups is 2. The third-order valence-corrected chi connectivity index (χ3v) is 5.52. The minimum Gasteiger partial charge on any atom is -0.464 e. The lowest BCUT2D eigenvalue weighted by atomic mass is 10.2. The molecule has 4 rings (SSSR count). The monoisotopic (exact) mass is 493 g/mol. The summed E-state index contributed by atoms with van der Waals surface area (Å²) in [6, 6.07) is 8.56. The van der Waals surface area contributed by atoms with Crippen molar-refractivity contribution in [3.8, 4) is 0 Å². The normalized spacial score (nSPS) is 11.1. The van der Waals surface area contributed by atoms with Gasteiger partial charge in [0, 0.05) is 36.4 Å². The summed E-state index contributed by atoms with van der Waals surface area (Å²) in [6.45, 7) is 4.28. The molecule has 0 saturated heterocycles. The van der Waals surface area contributed by atoms with Crippen molar-refractivity contribution in [3.05, 3.63) is 83.4 Å². The maximum Gasteiger partial charge on any atom is 0.356 e. The van der Waals surface area contributed by atoms with Crippen molar-refractivity contribution in [2.24, 2.45) is 5.92 Å². The van der Waals surface area contributed by atoms with E-state index in [1.165, 1.54) is 37.7 Å². The molecule has 186 valence electrons. The fourth-order valence-electron chi connectivity index (χ4n) is 3.87. The quantitative estimate of drug-likeness (QED) is 0.335. The molecule has 2 N–H and O–H groups in total. The van der Waals surface area contributed by atoms with Crippen LogP contribution in [0.5, 0.6) is 0 Å². The van der Waals surface area contributed by atoms with Gasteiger partial charge < -0.3 is 19.9 Å². The van der Waals surface area contributed by atoms with Crippen LogP contribution in [0.4, 0.5) is 20.2 Å². The van der Waals surface area contributed by atoms with E-state index in [1.807, 2.05) is 13.8 Å². The molecule has 3 aromatic heterocycles. The van der Waals surface area contributed by atoms with Crippen molar-refractivity contribution in [2.45, 2.75) is 26.9 Å². The highest BCUT2D eigenvalue weighted by Gasteiger charge is 2.27. The first-order chi connectivity index (χ1) is 17.3. The maximum absolute atomic E-state index is 14.1. The Labute approximate surface area is 206 Å². The molecule has 0 spiro atoms. The van der Waals surface area contributed by atoms with E-state index in [-0.39, 0.29) is 29.4 Å². The number of hydrogen-bond donors (Lipinski definition) is 2. The van der Waals surface area contributed by atoms with E-state index in [9.17, 15) is 18.4 Å². The number of aromatic nitrogens is 3. The Hall–Kier alpha value is -4.34. The minimum absolute atomic E-state index is 0.115. The van der Waals surface area contributed by atoms with Gasteiger partial charge in [0.1, 0.15) is 17.3 Å². The van der Waals surface area contributed by atoms with Crippen molar-refractivity contribution < 1.29 is 23.1 Å². The number of rotatable bonds is 8. The molecule has 0 bridgehead atoms. The molecule has 8 nitrogen and oxygen atoms in total. The molecule has 0 radical (unpaired) electrons. The summed E-state index contributed by atoms with van der Waals surface area (Å²) >= 11 is 0. The Morgan fingerprint density at radius 2 is 1.86 bits per heavy atom. The zero-order chi connectivity index (χ0) is 25.8. The first-order valence-electron chi connectivity index (χ1n) is 11.3. The number of pyridine rings is 2. The number of halogens is 2. The fourth-order valence-corrected chi connectivity index (χ4v) is 3.87. The van der Waals surface area contributed by atoms with Crippen LogP contribution in [0.3, 0.4) is 0 Å². The molecule has 0 aliphatic heterocycles. The van der Waals surface area contributed by atoms with E-state index < -0.39 is 23.5 Å². The number of esters is 1. The third-order valence-electron chi connectivity index (χ3n) is 5.52. The van der Waals surface area contributed by atoms with Gasteiger partial charge in [0.05, 0.1) is 30.2 Å². The smallest absolute Gasteiger partial charge is 0.356 e. The molecule has 0 unspecified atom stereocenters. The summed E-state index contributed by atoms with van der Waals surface area (Å²) in [7, 11) is 1.26. The summed E-state index contributed by atoms with van der Waals surface area (Å²) in [5.41, 5.74) is 1.45. The van der Waals surface area contributed by atoms with Crippen LogP contribution in [0.2, 0.25) is 0 Å². The van der Waals surface area contributed by atoms with Gasteiger partial charge in [0.15, 0.2) is 5.69 Å². The molecule has 36 heavy (non-hydrogen) atoms. The summed E-state index contributed by atoms with van der Waals surface area (Å²) in [6.07, 6.45) is 4.46. The van der Waals surface area contributed by atoms with Gasteiger partial charge in [-0.15, -0.1) is 0 Å². The van der Waals surface area contributed by atoms with Crippen molar-refractivity contribution in [1.82, 2.24) is 14.5 Å². The number of methoxy groups -OCH3 is 1. The molecule has 0 fully saturated rings. The highest BCUT2D eigenvalue weighted by molar-refractivity contribution is 6.14. The van der Waals surface area contributed by atoms with Crippen LogP contribution in [-0.4, -0.2) is 33.5 Å². The van der Waals surface area contributed by atoms with Gasteiger partial charge in [-0.25, -0.2) is 18.6 Å². The van der Waals surface area contributed by atoms with Crippen LogP contribution >= 0.6 is 0 Å². The summed E-state index contributed by atoms with van der Waals surface area (Å²) < 4.78 is 34.9. The number of fused-ring (bicyclic) bond motifs is 1. The molecule has 0 aliphatic rings. The molecule has 0 atom stereocenters. The second-order valence-corrected chi connectivity index (χ2v) is 8.56. The lowest BCUT2D eigenvalue weighted by Gasteiger charge is -2.12. The van der Waals surface area contributed by atoms with E-state index in [0.29, 0.717) is 28.8 Å². The summed E-state index contributed by atoms with van der Waals surface area (Å²) in [5, 5.41) is 6.24.